The summed E-state index contributed by atoms with van der Waals surface area (Å²) < 4.78 is 18.1. The van der Waals surface area contributed by atoms with Crippen LogP contribution in [0.3, 0.4) is 0 Å². The molecule has 1 unspecified atom stereocenters. The lowest BCUT2D eigenvalue weighted by Gasteiger charge is -2.29. The summed E-state index contributed by atoms with van der Waals surface area (Å²) in [6.45, 7) is 1.43. The van der Waals surface area contributed by atoms with Crippen LogP contribution in [0.1, 0.15) is 58.3 Å². The fourth-order valence-electron chi connectivity index (χ4n) is 3.49. The molecule has 0 aliphatic heterocycles. The van der Waals surface area contributed by atoms with Crippen LogP contribution < -0.4 is 16.8 Å². The Hall–Kier alpha value is -3.01. The molecule has 1 atom stereocenters. The van der Waals surface area contributed by atoms with E-state index >= 15 is 0 Å². The van der Waals surface area contributed by atoms with Crippen molar-refractivity contribution in [2.24, 2.45) is 5.73 Å². The maximum atomic E-state index is 14.3. The number of carbonyl (C=O) groups is 3. The van der Waals surface area contributed by atoms with Crippen molar-refractivity contribution < 1.29 is 18.8 Å². The van der Waals surface area contributed by atoms with Gasteiger partial charge in [-0.05, 0) is 37.4 Å². The quantitative estimate of drug-likeness (QED) is 0.615. The number of benzene rings is 1. The molecule has 0 bridgehead atoms. The van der Waals surface area contributed by atoms with Crippen molar-refractivity contribution in [2.75, 3.05) is 5.73 Å². The Labute approximate surface area is 177 Å². The highest BCUT2D eigenvalue weighted by Gasteiger charge is 2.32. The van der Waals surface area contributed by atoms with Crippen LogP contribution >= 0.6 is 11.5 Å². The van der Waals surface area contributed by atoms with E-state index in [-0.39, 0.29) is 40.3 Å². The van der Waals surface area contributed by atoms with Gasteiger partial charge in [-0.25, -0.2) is 4.39 Å². The Bertz CT molecular complexity index is 958. The average Bonchev–Trinajstić information content (AvgIpc) is 3.35. The van der Waals surface area contributed by atoms with Crippen LogP contribution in [0.25, 0.3) is 0 Å². The monoisotopic (exact) mass is 433 g/mol. The molecule has 1 aromatic carbocycles. The van der Waals surface area contributed by atoms with Gasteiger partial charge in [0.15, 0.2) is 5.69 Å². The zero-order valence-corrected chi connectivity index (χ0v) is 17.4. The van der Waals surface area contributed by atoms with Crippen LogP contribution in [-0.4, -0.2) is 39.1 Å². The first-order chi connectivity index (χ1) is 14.3. The predicted molar refractivity (Wildman–Crippen MR) is 111 cm³/mol. The molecule has 1 saturated carbocycles. The highest BCUT2D eigenvalue weighted by atomic mass is 32.1. The second kappa shape index (κ2) is 9.21. The van der Waals surface area contributed by atoms with Crippen LogP contribution in [-0.2, 0) is 11.3 Å². The van der Waals surface area contributed by atoms with Crippen LogP contribution in [0.4, 0.5) is 10.1 Å². The summed E-state index contributed by atoms with van der Waals surface area (Å²) >= 11 is 0.725. The molecule has 3 amide bonds. The number of nitrogen functional groups attached to an aromatic ring is 1. The van der Waals surface area contributed by atoms with E-state index < -0.39 is 23.7 Å². The third kappa shape index (κ3) is 4.59. The fraction of sp³-hybridized carbons (Fsp3) is 0.400. The fourth-order valence-corrected chi connectivity index (χ4v) is 4.25. The van der Waals surface area contributed by atoms with E-state index in [2.05, 4.69) is 9.69 Å². The smallest absolute Gasteiger partial charge is 0.270 e. The normalized spacial score (nSPS) is 15.0. The van der Waals surface area contributed by atoms with Crippen molar-refractivity contribution in [3.63, 3.8) is 0 Å². The molecule has 0 saturated heterocycles. The van der Waals surface area contributed by atoms with Crippen molar-refractivity contribution in [1.29, 1.82) is 0 Å². The molecular formula is C20H24FN5O3S. The molecule has 3 rings (SSSR count). The molecule has 5 N–H and O–H groups in total. The summed E-state index contributed by atoms with van der Waals surface area (Å²) in [7, 11) is 0. The zero-order chi connectivity index (χ0) is 21.8. The van der Waals surface area contributed by atoms with Gasteiger partial charge in [-0.3, -0.25) is 14.4 Å². The van der Waals surface area contributed by atoms with Crippen molar-refractivity contribution in [3.05, 3.63) is 46.2 Å². The Kier molecular flexibility index (Phi) is 6.66. The topological polar surface area (TPSA) is 131 Å². The largest absolute Gasteiger partial charge is 0.395 e. The van der Waals surface area contributed by atoms with Gasteiger partial charge in [0, 0.05) is 18.2 Å². The number of primary amides is 1. The molecular weight excluding hydrogens is 409 g/mol. The van der Waals surface area contributed by atoms with E-state index in [1.807, 2.05) is 0 Å². The number of hydrogen-bond acceptors (Lipinski definition) is 6. The molecule has 1 heterocycles. The van der Waals surface area contributed by atoms with Gasteiger partial charge in [0.25, 0.3) is 11.8 Å². The highest BCUT2D eigenvalue weighted by Crippen LogP contribution is 2.26. The predicted octanol–water partition coefficient (Wildman–Crippen LogP) is 2.05. The highest BCUT2D eigenvalue weighted by molar-refractivity contribution is 7.09. The first-order valence-corrected chi connectivity index (χ1v) is 10.5. The third-order valence-corrected chi connectivity index (χ3v) is 6.11. The molecule has 0 spiro atoms. The first kappa shape index (κ1) is 21.7. The number of carbonyl (C=O) groups excluding carboxylic acids is 3. The average molecular weight is 434 g/mol. The zero-order valence-electron chi connectivity index (χ0n) is 16.6. The maximum Gasteiger partial charge on any atom is 0.270 e. The standard InChI is InChI=1S/C20H24FN5O3S/c1-11(19(28)24-13-7-3-4-8-13)26(10-12-6-2-5-9-14(12)21)20(29)17-15(22)16(18(23)27)25-30-17/h2,5-6,9,11,13H,3-4,7-8,10,22H2,1H3,(H2,23,27)(H,24,28). The summed E-state index contributed by atoms with van der Waals surface area (Å²) in [5.41, 5.74) is 11.1. The summed E-state index contributed by atoms with van der Waals surface area (Å²) in [5, 5.41) is 2.96. The van der Waals surface area contributed by atoms with E-state index in [1.54, 1.807) is 25.1 Å². The van der Waals surface area contributed by atoms with Gasteiger partial charge in [0.05, 0.1) is 5.69 Å². The molecule has 1 aliphatic rings. The van der Waals surface area contributed by atoms with Crippen molar-refractivity contribution in [3.8, 4) is 0 Å². The van der Waals surface area contributed by atoms with E-state index in [0.29, 0.717) is 0 Å². The number of hydrogen-bond donors (Lipinski definition) is 3. The summed E-state index contributed by atoms with van der Waals surface area (Å²) in [6.07, 6.45) is 3.88. The number of nitrogens with two attached hydrogens (primary N) is 2. The van der Waals surface area contributed by atoms with Crippen LogP contribution in [0.2, 0.25) is 0 Å². The molecule has 30 heavy (non-hydrogen) atoms. The number of halogens is 1. The first-order valence-electron chi connectivity index (χ1n) is 9.69. The van der Waals surface area contributed by atoms with Crippen LogP contribution in [0, 0.1) is 5.82 Å². The molecule has 1 aromatic heterocycles. The van der Waals surface area contributed by atoms with E-state index in [9.17, 15) is 18.8 Å². The molecule has 1 aliphatic carbocycles. The Morgan fingerprint density at radius 1 is 1.30 bits per heavy atom. The number of anilines is 1. The van der Waals surface area contributed by atoms with Crippen LogP contribution in [0.5, 0.6) is 0 Å². The number of rotatable bonds is 7. The van der Waals surface area contributed by atoms with Crippen molar-refractivity contribution in [2.45, 2.75) is 51.2 Å². The van der Waals surface area contributed by atoms with Gasteiger partial charge in [0.1, 0.15) is 16.7 Å². The summed E-state index contributed by atoms with van der Waals surface area (Å²) in [4.78, 5) is 38.8. The number of nitrogens with zero attached hydrogens (tertiary/aromatic N) is 2. The third-order valence-electron chi connectivity index (χ3n) is 5.26. The molecule has 8 nitrogen and oxygen atoms in total. The number of amides is 3. The molecule has 2 aromatic rings. The van der Waals surface area contributed by atoms with E-state index in [1.165, 1.54) is 11.0 Å². The lowest BCUT2D eigenvalue weighted by atomic mass is 10.1. The van der Waals surface area contributed by atoms with Gasteiger partial charge < -0.3 is 21.7 Å². The van der Waals surface area contributed by atoms with E-state index in [0.717, 1.165) is 37.2 Å². The Morgan fingerprint density at radius 2 is 1.97 bits per heavy atom. The van der Waals surface area contributed by atoms with Crippen LogP contribution in [0.15, 0.2) is 24.3 Å². The van der Waals surface area contributed by atoms with Crippen molar-refractivity contribution >= 4 is 34.9 Å². The number of nitrogens with one attached hydrogen (secondary N) is 1. The maximum absolute atomic E-state index is 14.3. The van der Waals surface area contributed by atoms with Gasteiger partial charge in [-0.15, -0.1) is 0 Å². The second-order valence-electron chi connectivity index (χ2n) is 7.33. The van der Waals surface area contributed by atoms with Gasteiger partial charge in [-0.2, -0.15) is 4.37 Å². The Morgan fingerprint density at radius 3 is 2.57 bits per heavy atom. The lowest BCUT2D eigenvalue weighted by molar-refractivity contribution is -0.126. The SMILES string of the molecule is CC(C(=O)NC1CCCC1)N(Cc1ccccc1F)C(=O)c1snc(C(N)=O)c1N. The Balaban J connectivity index is 1.90. The molecule has 10 heteroatoms. The minimum absolute atomic E-state index is 0.0133. The number of aromatic nitrogens is 1. The van der Waals surface area contributed by atoms with Gasteiger partial charge >= 0.3 is 0 Å². The minimum Gasteiger partial charge on any atom is -0.395 e. The van der Waals surface area contributed by atoms with E-state index in [4.69, 9.17) is 11.5 Å². The van der Waals surface area contributed by atoms with Crippen molar-refractivity contribution in [1.82, 2.24) is 14.6 Å². The van der Waals surface area contributed by atoms with Gasteiger partial charge in [-0.1, -0.05) is 31.0 Å². The molecule has 160 valence electrons. The molecule has 1 fully saturated rings. The summed E-state index contributed by atoms with van der Waals surface area (Å²) in [6, 6.07) is 5.20. The summed E-state index contributed by atoms with van der Waals surface area (Å²) in [5.74, 6) is -2.29. The lowest BCUT2D eigenvalue weighted by Crippen LogP contribution is -2.49. The molecule has 0 radical (unpaired) electrons. The minimum atomic E-state index is -0.892. The second-order valence-corrected chi connectivity index (χ2v) is 8.10. The van der Waals surface area contributed by atoms with Gasteiger partial charge in [0.2, 0.25) is 5.91 Å².